The van der Waals surface area contributed by atoms with E-state index in [9.17, 15) is 57.1 Å². The molecule has 0 saturated carbocycles. The lowest BCUT2D eigenvalue weighted by Crippen LogP contribution is -2.70. The minimum absolute atomic E-state index is 0.627. The quantitative estimate of drug-likeness (QED) is 0.309. The predicted octanol–water partition coefficient (Wildman–Crippen LogP) is 2.07. The molecule has 0 aromatic rings. The highest BCUT2D eigenvalue weighted by Crippen LogP contribution is 2.60. The molecule has 0 amide bonds. The topological polar surface area (TPSA) is 0 Å². The summed E-state index contributed by atoms with van der Waals surface area (Å²) in [6.45, 7) is 0. The molecule has 0 radical (unpaired) electrons. The Hall–Kier alpha value is -0.259. The van der Waals surface area contributed by atoms with Crippen LogP contribution in [0.1, 0.15) is 6.42 Å². The molecule has 0 spiro atoms. The van der Waals surface area contributed by atoms with Gasteiger partial charge in [0.2, 0.25) is 0 Å². The van der Waals surface area contributed by atoms with Gasteiger partial charge in [0.15, 0.2) is 0 Å². The van der Waals surface area contributed by atoms with Gasteiger partial charge in [-0.1, -0.05) is 6.04 Å². The van der Waals surface area contributed by atoms with E-state index in [4.69, 9.17) is 0 Å². The second-order valence-corrected chi connectivity index (χ2v) is 21.5. The Kier molecular flexibility index (Phi) is 6.73. The van der Waals surface area contributed by atoms with Gasteiger partial charge in [-0.05, 0) is 18.3 Å². The summed E-state index contributed by atoms with van der Waals surface area (Å²) in [4.78, 5) is 0. The second-order valence-electron chi connectivity index (χ2n) is 4.96. The summed E-state index contributed by atoms with van der Waals surface area (Å²) in [6, 6.07) is -0.629. The molecular weight excluding hydrogens is 427 g/mol. The first-order valence-electron chi connectivity index (χ1n) is 6.27. The summed E-state index contributed by atoms with van der Waals surface area (Å²) in [5, 5.41) is 0. The molecule has 0 saturated heterocycles. The summed E-state index contributed by atoms with van der Waals surface area (Å²) >= 11 is 0. The zero-order valence-electron chi connectivity index (χ0n) is 11.7. The smallest absolute Gasteiger partial charge is 0.200 e. The van der Waals surface area contributed by atoms with Gasteiger partial charge in [0.05, 0.1) is 0 Å². The molecule has 0 aliphatic rings. The lowest BCUT2D eigenvalue weighted by Gasteiger charge is -2.39. The fraction of sp³-hybridized carbons (Fsp3) is 1.00. The van der Waals surface area contributed by atoms with Gasteiger partial charge in [-0.25, -0.2) is 0 Å². The molecule has 146 valence electrons. The van der Waals surface area contributed by atoms with E-state index >= 15 is 0 Å². The van der Waals surface area contributed by atoms with Gasteiger partial charge in [0.1, 0.15) is 0 Å². The van der Waals surface area contributed by atoms with Crippen LogP contribution < -0.4 is 0 Å². The summed E-state index contributed by atoms with van der Waals surface area (Å²) < 4.78 is 165. The summed E-state index contributed by atoms with van der Waals surface area (Å²) in [5.41, 5.74) is 0. The van der Waals surface area contributed by atoms with E-state index in [1.807, 2.05) is 0 Å². The van der Waals surface area contributed by atoms with Crippen LogP contribution in [0.4, 0.5) is 57.1 Å². The van der Waals surface area contributed by atoms with Crippen LogP contribution in [0.5, 0.6) is 0 Å². The Morgan fingerprint density at radius 3 is 1.29 bits per heavy atom. The average Bonchev–Trinajstić information content (AvgIpc) is 2.36. The maximum Gasteiger partial charge on any atom is 0.460 e. The highest BCUT2D eigenvalue weighted by molar-refractivity contribution is 7.23. The summed E-state index contributed by atoms with van der Waals surface area (Å²) in [7, 11) is -1.30. The Labute approximate surface area is 133 Å². The third kappa shape index (κ3) is 3.63. The molecule has 0 N–H and O–H groups in total. The first-order chi connectivity index (χ1) is 10.3. The zero-order chi connectivity index (χ0) is 19.8. The van der Waals surface area contributed by atoms with Gasteiger partial charge >= 0.3 is 35.8 Å². The van der Waals surface area contributed by atoms with Crippen LogP contribution in [0, 0.1) is 0 Å². The number of alkyl halides is 13. The zero-order valence-corrected chi connectivity index (χ0v) is 16.6. The van der Waals surface area contributed by atoms with Gasteiger partial charge < -0.3 is 0 Å². The van der Waals surface area contributed by atoms with Crippen molar-refractivity contribution in [2.75, 3.05) is 0 Å². The summed E-state index contributed by atoms with van der Waals surface area (Å²) in [6.07, 6.45) is -9.33. The molecule has 0 aliphatic heterocycles. The molecule has 0 rings (SSSR count). The van der Waals surface area contributed by atoms with Crippen molar-refractivity contribution >= 4 is 27.4 Å². The number of rotatable bonds is 8. The summed E-state index contributed by atoms with van der Waals surface area (Å²) in [5.74, 6) is -36.0. The van der Waals surface area contributed by atoms with Crippen LogP contribution >= 0.6 is 0 Å². The van der Waals surface area contributed by atoms with Crippen molar-refractivity contribution in [3.05, 3.63) is 0 Å². The molecular formula is C8H11F13Si3. The van der Waals surface area contributed by atoms with E-state index in [0.29, 0.717) is 9.76 Å². The lowest BCUT2D eigenvalue weighted by molar-refractivity contribution is -0.439. The maximum atomic E-state index is 13.2. The third-order valence-corrected chi connectivity index (χ3v) is 14.6. The van der Waals surface area contributed by atoms with Crippen molar-refractivity contribution in [1.82, 2.24) is 0 Å². The molecule has 0 aromatic carbocycles. The van der Waals surface area contributed by atoms with Gasteiger partial charge in [0, 0.05) is 15.5 Å². The average molecular weight is 438 g/mol. The first-order valence-corrected chi connectivity index (χ1v) is 16.9. The molecule has 0 bridgehead atoms. The van der Waals surface area contributed by atoms with Gasteiger partial charge in [-0.15, -0.1) is 0 Å². The van der Waals surface area contributed by atoms with Crippen molar-refractivity contribution in [2.24, 2.45) is 0 Å². The van der Waals surface area contributed by atoms with Gasteiger partial charge in [-0.3, -0.25) is 0 Å². The van der Waals surface area contributed by atoms with E-state index in [2.05, 4.69) is 0 Å². The minimum Gasteiger partial charge on any atom is -0.200 e. The Morgan fingerprint density at radius 1 is 0.583 bits per heavy atom. The fourth-order valence-electron chi connectivity index (χ4n) is 1.56. The number of hydrogen-bond donors (Lipinski definition) is 0. The van der Waals surface area contributed by atoms with Crippen molar-refractivity contribution in [3.63, 3.8) is 0 Å². The maximum absolute atomic E-state index is 13.2. The predicted molar refractivity (Wildman–Crippen MR) is 67.2 cm³/mol. The van der Waals surface area contributed by atoms with Crippen LogP contribution in [0.2, 0.25) is 6.04 Å². The molecule has 0 aromatic heterocycles. The van der Waals surface area contributed by atoms with Crippen LogP contribution in [0.3, 0.4) is 0 Å². The largest absolute Gasteiger partial charge is 0.460 e. The fourth-order valence-corrected chi connectivity index (χ4v) is 9.50. The van der Waals surface area contributed by atoms with Crippen LogP contribution in [0.25, 0.3) is 0 Å². The van der Waals surface area contributed by atoms with Crippen LogP contribution in [-0.4, -0.2) is 63.1 Å². The molecule has 0 aliphatic carbocycles. The van der Waals surface area contributed by atoms with E-state index in [1.54, 1.807) is 0 Å². The molecule has 0 fully saturated rings. The Bertz CT molecular complexity index is 429. The van der Waals surface area contributed by atoms with E-state index in [1.165, 1.54) is 0 Å². The Morgan fingerprint density at radius 2 is 0.958 bits per heavy atom. The normalized spacial score (nSPS) is 16.9. The van der Waals surface area contributed by atoms with Gasteiger partial charge in [-0.2, -0.15) is 57.1 Å². The second kappa shape index (κ2) is 6.81. The molecule has 24 heavy (non-hydrogen) atoms. The number of hydrogen-bond acceptors (Lipinski definition) is 0. The highest BCUT2D eigenvalue weighted by atomic mass is 29.5. The standard InChI is InChI=1S/C8H11F13Si3/c9-3(10,1-2-23-24-22)4(11,12)5(13,14)6(15,16)7(17,18)8(19,20)21/h1-2,23-24H2,22H3. The highest BCUT2D eigenvalue weighted by Gasteiger charge is 2.90. The van der Waals surface area contributed by atoms with E-state index in [-0.39, 0.29) is 0 Å². The van der Waals surface area contributed by atoms with Crippen molar-refractivity contribution in [1.29, 1.82) is 0 Å². The third-order valence-electron chi connectivity index (χ3n) is 3.09. The van der Waals surface area contributed by atoms with Crippen LogP contribution in [-0.2, 0) is 0 Å². The van der Waals surface area contributed by atoms with Crippen molar-refractivity contribution < 1.29 is 57.1 Å². The number of halogens is 13. The SMILES string of the molecule is FC(F)(F)C(F)(F)C(F)(F)C(F)(F)C(F)(F)C(F)(F)CC[SiH2][SiH2][SiH3]. The van der Waals surface area contributed by atoms with Crippen LogP contribution in [0.15, 0.2) is 0 Å². The molecule has 16 heteroatoms. The van der Waals surface area contributed by atoms with E-state index < -0.39 is 65.8 Å². The van der Waals surface area contributed by atoms with Gasteiger partial charge in [0.25, 0.3) is 0 Å². The van der Waals surface area contributed by atoms with Crippen molar-refractivity contribution in [3.8, 4) is 0 Å². The molecule has 0 atom stereocenters. The molecule has 0 heterocycles. The minimum atomic E-state index is -7.78. The first kappa shape index (κ1) is 23.7. The van der Waals surface area contributed by atoms with Crippen molar-refractivity contribution in [2.45, 2.75) is 48.3 Å². The molecule has 0 nitrogen and oxygen atoms in total. The van der Waals surface area contributed by atoms with E-state index in [0.717, 1.165) is 0 Å². The molecule has 0 unspecified atom stereocenters. The monoisotopic (exact) mass is 438 g/mol. The lowest BCUT2D eigenvalue weighted by atomic mass is 9.93. The Balaban J connectivity index is 5.92.